The lowest BCUT2D eigenvalue weighted by Crippen LogP contribution is -2.33. The lowest BCUT2D eigenvalue weighted by Gasteiger charge is -2.26. The molecule has 144 valence electrons. The Kier molecular flexibility index (Phi) is 4.98. The number of methoxy groups -OCH3 is 1. The van der Waals surface area contributed by atoms with E-state index in [1.807, 2.05) is 4.68 Å². The summed E-state index contributed by atoms with van der Waals surface area (Å²) in [4.78, 5) is 25.9. The number of aromatic nitrogens is 2. The second-order valence-corrected chi connectivity index (χ2v) is 7.18. The summed E-state index contributed by atoms with van der Waals surface area (Å²) in [6, 6.07) is 3.95. The van der Waals surface area contributed by atoms with Gasteiger partial charge in [-0.25, -0.2) is 0 Å². The third-order valence-corrected chi connectivity index (χ3v) is 4.93. The van der Waals surface area contributed by atoms with E-state index in [0.29, 0.717) is 31.2 Å². The van der Waals surface area contributed by atoms with Crippen LogP contribution in [-0.4, -0.2) is 40.3 Å². The largest absolute Gasteiger partial charge is 0.490 e. The smallest absolute Gasteiger partial charge is 0.227 e. The van der Waals surface area contributed by atoms with Crippen LogP contribution in [-0.2, 0) is 30.8 Å². The third kappa shape index (κ3) is 4.39. The second kappa shape index (κ2) is 7.56. The Labute approximate surface area is 157 Å². The molecular formula is C19H24N4O4. The molecule has 0 bridgehead atoms. The molecule has 0 radical (unpaired) electrons. The molecule has 1 N–H and O–H groups in total. The molecule has 1 aliphatic heterocycles. The zero-order valence-corrected chi connectivity index (χ0v) is 15.4. The lowest BCUT2D eigenvalue weighted by atomic mass is 10.2. The molecule has 0 aromatic carbocycles. The fourth-order valence-corrected chi connectivity index (χ4v) is 3.30. The first-order valence-electron chi connectivity index (χ1n) is 9.34. The van der Waals surface area contributed by atoms with E-state index in [-0.39, 0.29) is 17.1 Å². The van der Waals surface area contributed by atoms with Crippen LogP contribution in [0.5, 0.6) is 5.75 Å². The fraction of sp³-hybridized carbons (Fsp3) is 0.526. The summed E-state index contributed by atoms with van der Waals surface area (Å²) < 4.78 is 12.4. The van der Waals surface area contributed by atoms with Gasteiger partial charge in [-0.1, -0.05) is 0 Å². The van der Waals surface area contributed by atoms with Crippen LogP contribution in [0.3, 0.4) is 0 Å². The molecule has 3 heterocycles. The second-order valence-electron chi connectivity index (χ2n) is 7.18. The van der Waals surface area contributed by atoms with Crippen molar-refractivity contribution in [1.82, 2.24) is 20.0 Å². The van der Waals surface area contributed by atoms with Crippen LogP contribution in [0.4, 0.5) is 0 Å². The number of hydrogen-bond donors (Lipinski definition) is 1. The molecular weight excluding hydrogens is 348 g/mol. The highest BCUT2D eigenvalue weighted by atomic mass is 16.5. The molecule has 27 heavy (non-hydrogen) atoms. The summed E-state index contributed by atoms with van der Waals surface area (Å²) in [6.45, 7) is 2.90. The first-order chi connectivity index (χ1) is 13.1. The molecule has 1 aliphatic carbocycles. The summed E-state index contributed by atoms with van der Waals surface area (Å²) in [5.41, 5.74) is 1.90. The van der Waals surface area contributed by atoms with Gasteiger partial charge in [0, 0.05) is 38.0 Å². The zero-order chi connectivity index (χ0) is 18.8. The van der Waals surface area contributed by atoms with Crippen LogP contribution in [0.25, 0.3) is 0 Å². The van der Waals surface area contributed by atoms with E-state index in [1.54, 1.807) is 0 Å². The van der Waals surface area contributed by atoms with Crippen LogP contribution in [0.2, 0.25) is 0 Å². The van der Waals surface area contributed by atoms with Gasteiger partial charge in [-0.05, 0) is 18.9 Å². The van der Waals surface area contributed by atoms with E-state index in [4.69, 9.17) is 9.15 Å². The van der Waals surface area contributed by atoms with Gasteiger partial charge in [0.2, 0.25) is 17.1 Å². The van der Waals surface area contributed by atoms with Crippen molar-refractivity contribution in [2.24, 2.45) is 0 Å². The quantitative estimate of drug-likeness (QED) is 0.782. The molecule has 2 aliphatic rings. The van der Waals surface area contributed by atoms with E-state index >= 15 is 0 Å². The van der Waals surface area contributed by atoms with E-state index in [0.717, 1.165) is 43.9 Å². The van der Waals surface area contributed by atoms with Crippen molar-refractivity contribution in [3.05, 3.63) is 45.8 Å². The van der Waals surface area contributed by atoms with Gasteiger partial charge in [0.1, 0.15) is 12.0 Å². The van der Waals surface area contributed by atoms with Crippen molar-refractivity contribution >= 4 is 5.91 Å². The zero-order valence-electron chi connectivity index (χ0n) is 15.4. The molecule has 8 heteroatoms. The van der Waals surface area contributed by atoms with Crippen LogP contribution in [0.1, 0.15) is 36.4 Å². The average molecular weight is 372 g/mol. The van der Waals surface area contributed by atoms with Crippen molar-refractivity contribution in [1.29, 1.82) is 0 Å². The minimum atomic E-state index is -0.174. The Hall–Kier alpha value is -2.61. The van der Waals surface area contributed by atoms with E-state index in [2.05, 4.69) is 21.4 Å². The van der Waals surface area contributed by atoms with E-state index < -0.39 is 0 Å². The van der Waals surface area contributed by atoms with Gasteiger partial charge in [-0.3, -0.25) is 19.2 Å². The standard InChI is InChI=1S/C19H24N4O4/c1-26-18-12-27-16(9-17(18)24)11-22-6-7-23-15(10-22)8-14(21-23)4-5-19(25)20-13-2-3-13/h8-9,12-13H,2-7,10-11H2,1H3,(H,20,25). The first-order valence-corrected chi connectivity index (χ1v) is 9.34. The third-order valence-electron chi connectivity index (χ3n) is 4.93. The maximum absolute atomic E-state index is 11.9. The summed E-state index contributed by atoms with van der Waals surface area (Å²) in [7, 11) is 1.45. The average Bonchev–Trinajstić information content (AvgIpc) is 3.36. The first kappa shape index (κ1) is 17.8. The predicted molar refractivity (Wildman–Crippen MR) is 97.4 cm³/mol. The monoisotopic (exact) mass is 372 g/mol. The number of amides is 1. The highest BCUT2D eigenvalue weighted by Crippen LogP contribution is 2.20. The number of rotatable bonds is 7. The van der Waals surface area contributed by atoms with Gasteiger partial charge in [-0.2, -0.15) is 5.10 Å². The lowest BCUT2D eigenvalue weighted by molar-refractivity contribution is -0.121. The van der Waals surface area contributed by atoms with Crippen molar-refractivity contribution < 1.29 is 13.9 Å². The fourth-order valence-electron chi connectivity index (χ4n) is 3.30. The minimum Gasteiger partial charge on any atom is -0.490 e. The van der Waals surface area contributed by atoms with Crippen molar-refractivity contribution in [3.63, 3.8) is 0 Å². The number of ether oxygens (including phenoxy) is 1. The Bertz CT molecular complexity index is 884. The molecule has 8 nitrogen and oxygen atoms in total. The molecule has 4 rings (SSSR count). The number of carbonyl (C=O) groups is 1. The van der Waals surface area contributed by atoms with Gasteiger partial charge in [0.15, 0.2) is 0 Å². The number of aryl methyl sites for hydroxylation is 1. The Morgan fingerprint density at radius 2 is 2.22 bits per heavy atom. The van der Waals surface area contributed by atoms with Crippen LogP contribution < -0.4 is 15.5 Å². The Morgan fingerprint density at radius 1 is 1.37 bits per heavy atom. The number of nitrogens with one attached hydrogen (secondary N) is 1. The van der Waals surface area contributed by atoms with Gasteiger partial charge < -0.3 is 14.5 Å². The van der Waals surface area contributed by atoms with Gasteiger partial charge in [-0.15, -0.1) is 0 Å². The van der Waals surface area contributed by atoms with Crippen molar-refractivity contribution in [3.8, 4) is 5.75 Å². The van der Waals surface area contributed by atoms with Gasteiger partial charge in [0.25, 0.3) is 0 Å². The van der Waals surface area contributed by atoms with Gasteiger partial charge in [0.05, 0.1) is 31.6 Å². The molecule has 0 saturated heterocycles. The number of carbonyl (C=O) groups excluding carboxylic acids is 1. The molecule has 1 saturated carbocycles. The molecule has 2 aromatic rings. The summed E-state index contributed by atoms with van der Waals surface area (Å²) in [5.74, 6) is 0.941. The summed E-state index contributed by atoms with van der Waals surface area (Å²) in [5, 5.41) is 7.62. The van der Waals surface area contributed by atoms with Crippen LogP contribution in [0, 0.1) is 0 Å². The topological polar surface area (TPSA) is 89.6 Å². The molecule has 1 fully saturated rings. The molecule has 1 amide bonds. The van der Waals surface area contributed by atoms with Crippen LogP contribution >= 0.6 is 0 Å². The highest BCUT2D eigenvalue weighted by molar-refractivity contribution is 5.76. The number of nitrogens with zero attached hydrogens (tertiary/aromatic N) is 3. The summed E-state index contributed by atoms with van der Waals surface area (Å²) >= 11 is 0. The molecule has 0 unspecified atom stereocenters. The van der Waals surface area contributed by atoms with Crippen molar-refractivity contribution in [2.75, 3.05) is 13.7 Å². The molecule has 2 aromatic heterocycles. The number of fused-ring (bicyclic) bond motifs is 1. The van der Waals surface area contributed by atoms with E-state index in [9.17, 15) is 9.59 Å². The minimum absolute atomic E-state index is 0.111. The maximum Gasteiger partial charge on any atom is 0.227 e. The normalized spacial score (nSPS) is 16.8. The van der Waals surface area contributed by atoms with Crippen molar-refractivity contribution in [2.45, 2.75) is 51.4 Å². The SMILES string of the molecule is COc1coc(CN2CCn3nc(CCC(=O)NC4CC4)cc3C2)cc1=O. The number of hydrogen-bond acceptors (Lipinski definition) is 6. The highest BCUT2D eigenvalue weighted by Gasteiger charge is 2.23. The maximum atomic E-state index is 11.9. The summed E-state index contributed by atoms with van der Waals surface area (Å²) in [6.07, 6.45) is 4.71. The Balaban J connectivity index is 1.34. The molecule has 0 atom stereocenters. The predicted octanol–water partition coefficient (Wildman–Crippen LogP) is 1.07. The van der Waals surface area contributed by atoms with E-state index in [1.165, 1.54) is 19.4 Å². The van der Waals surface area contributed by atoms with Gasteiger partial charge >= 0.3 is 0 Å². The Morgan fingerprint density at radius 3 is 2.96 bits per heavy atom. The van der Waals surface area contributed by atoms with Crippen LogP contribution in [0.15, 0.2) is 27.6 Å². The molecule has 0 spiro atoms.